The van der Waals surface area contributed by atoms with Gasteiger partial charge in [0.25, 0.3) is 11.8 Å². The minimum atomic E-state index is -2.86. The van der Waals surface area contributed by atoms with Crippen molar-refractivity contribution in [2.75, 3.05) is 16.8 Å². The Morgan fingerprint density at radius 3 is 2.41 bits per heavy atom. The van der Waals surface area contributed by atoms with Crippen molar-refractivity contribution in [3.05, 3.63) is 143 Å². The largest absolute Gasteiger partial charge is 0.432 e. The maximum Gasteiger partial charge on any atom is 0.264 e. The second kappa shape index (κ2) is 14.0. The van der Waals surface area contributed by atoms with Gasteiger partial charge in [-0.3, -0.25) is 14.3 Å². The number of ether oxygens (including phenoxy) is 1. The summed E-state index contributed by atoms with van der Waals surface area (Å²) in [5.41, 5.74) is 3.78. The van der Waals surface area contributed by atoms with Gasteiger partial charge < -0.3 is 24.9 Å². The third-order valence-electron chi connectivity index (χ3n) is 10.4. The number of aliphatic hydroxyl groups excluding tert-OH is 1. The van der Waals surface area contributed by atoms with E-state index in [0.29, 0.717) is 29.9 Å². The van der Waals surface area contributed by atoms with Crippen LogP contribution in [0.4, 0.5) is 11.4 Å². The minimum Gasteiger partial charge on any atom is -0.432 e. The first-order valence-electron chi connectivity index (χ1n) is 17.4. The molecule has 4 aromatic carbocycles. The first-order valence-corrected chi connectivity index (χ1v) is 20.5. The van der Waals surface area contributed by atoms with E-state index >= 15 is 0 Å². The lowest BCUT2D eigenvalue weighted by molar-refractivity contribution is -0.146. The number of carbonyl (C=O) groups excluding carboxylic acids is 2. The van der Waals surface area contributed by atoms with E-state index < -0.39 is 20.0 Å². The molecule has 1 saturated heterocycles. The Morgan fingerprint density at radius 2 is 1.69 bits per heavy atom. The Hall–Kier alpha value is -4.94. The molecular weight excluding hydrogens is 659 g/mol. The van der Waals surface area contributed by atoms with Gasteiger partial charge in [-0.05, 0) is 61.0 Å². The standard InChI is InChI=1S/C40H43N5O5Si/c1-27-37(51(2,3)49)36(21-22-44-25-34(42-43-44)32(26-46)29-14-6-4-7-15-29)50-40(27)33-19-10-11-20-35(33)45(39(40)48)24-28-13-12-18-31(23-28)41-38(47)30-16-8-5-9-17-30/h4-20,23,25,27,32,36-37,46,49H,21-22,24,26H2,1-3H3,(H,41,47)/t27-,32?,36+,37-,40+/m0/s1. The fourth-order valence-corrected chi connectivity index (χ4v) is 10.7. The van der Waals surface area contributed by atoms with E-state index in [-0.39, 0.29) is 42.3 Å². The van der Waals surface area contributed by atoms with Gasteiger partial charge in [-0.2, -0.15) is 0 Å². The van der Waals surface area contributed by atoms with E-state index in [9.17, 15) is 19.5 Å². The van der Waals surface area contributed by atoms with Crippen molar-refractivity contribution < 1.29 is 24.2 Å². The van der Waals surface area contributed by atoms with Gasteiger partial charge in [0.05, 0.1) is 36.6 Å². The molecule has 1 unspecified atom stereocenters. The van der Waals surface area contributed by atoms with E-state index in [2.05, 4.69) is 15.6 Å². The summed E-state index contributed by atoms with van der Waals surface area (Å²) >= 11 is 0. The fourth-order valence-electron chi connectivity index (χ4n) is 8.08. The first-order chi connectivity index (χ1) is 24.6. The SMILES string of the molecule is C[C@H]1[C@H]([Si](C)(C)O)[C@@H](CCn2cc(C(CO)c3ccccc3)nn2)O[C@]12C(=O)N(Cc1cccc(NC(=O)c3ccccc3)c1)c1ccccc12. The summed E-state index contributed by atoms with van der Waals surface area (Å²) in [4.78, 5) is 41.1. The van der Waals surface area contributed by atoms with E-state index in [1.165, 1.54) is 0 Å². The number of para-hydroxylation sites is 1. The number of fused-ring (bicyclic) bond motifs is 2. The third-order valence-corrected chi connectivity index (χ3v) is 12.9. The predicted molar refractivity (Wildman–Crippen MR) is 198 cm³/mol. The van der Waals surface area contributed by atoms with Crippen LogP contribution in [-0.4, -0.2) is 57.7 Å². The van der Waals surface area contributed by atoms with Crippen molar-refractivity contribution >= 4 is 31.5 Å². The molecule has 5 aromatic rings. The zero-order valence-electron chi connectivity index (χ0n) is 29.0. The maximum absolute atomic E-state index is 14.8. The van der Waals surface area contributed by atoms with E-state index in [0.717, 1.165) is 22.4 Å². The van der Waals surface area contributed by atoms with Crippen LogP contribution >= 0.6 is 0 Å². The second-order valence-electron chi connectivity index (χ2n) is 14.1. The number of rotatable bonds is 11. The molecule has 3 heterocycles. The smallest absolute Gasteiger partial charge is 0.264 e. The van der Waals surface area contributed by atoms with Gasteiger partial charge in [-0.15, -0.1) is 5.10 Å². The van der Waals surface area contributed by atoms with Gasteiger partial charge in [-0.25, -0.2) is 0 Å². The minimum absolute atomic E-state index is 0.0918. The Bertz CT molecular complexity index is 2020. The van der Waals surface area contributed by atoms with Crippen molar-refractivity contribution in [1.82, 2.24) is 15.0 Å². The highest BCUT2D eigenvalue weighted by Gasteiger charge is 2.66. The molecule has 0 saturated carbocycles. The molecule has 2 amide bonds. The topological polar surface area (TPSA) is 130 Å². The number of aliphatic hydroxyl groups is 1. The molecule has 2 aliphatic rings. The van der Waals surface area contributed by atoms with Crippen molar-refractivity contribution in [1.29, 1.82) is 0 Å². The molecule has 0 bridgehead atoms. The lowest BCUT2D eigenvalue weighted by Gasteiger charge is -2.32. The Labute approximate surface area is 298 Å². The van der Waals surface area contributed by atoms with Crippen LogP contribution in [0, 0.1) is 5.92 Å². The number of aryl methyl sites for hydroxylation is 1. The summed E-state index contributed by atoms with van der Waals surface area (Å²) in [7, 11) is -2.86. The summed E-state index contributed by atoms with van der Waals surface area (Å²) in [5, 5.41) is 21.9. The molecule has 11 heteroatoms. The number of nitrogens with one attached hydrogen (secondary N) is 1. The predicted octanol–water partition coefficient (Wildman–Crippen LogP) is 6.09. The van der Waals surface area contributed by atoms with Crippen LogP contribution in [0.5, 0.6) is 0 Å². The number of nitrogens with zero attached hydrogens (tertiary/aromatic N) is 4. The molecular formula is C40H43N5O5Si. The number of amides is 2. The highest BCUT2D eigenvalue weighted by atomic mass is 28.4. The quantitative estimate of drug-likeness (QED) is 0.142. The number of aromatic nitrogens is 3. The Balaban J connectivity index is 1.13. The molecule has 2 aliphatic heterocycles. The highest BCUT2D eigenvalue weighted by molar-refractivity contribution is 6.71. The number of benzene rings is 4. The monoisotopic (exact) mass is 701 g/mol. The van der Waals surface area contributed by atoms with Crippen molar-refractivity contribution in [3.63, 3.8) is 0 Å². The fraction of sp³-hybridized carbons (Fsp3) is 0.300. The van der Waals surface area contributed by atoms with Crippen LogP contribution in [0.2, 0.25) is 18.6 Å². The molecule has 10 nitrogen and oxygen atoms in total. The molecule has 1 spiro atoms. The van der Waals surface area contributed by atoms with Crippen molar-refractivity contribution in [2.45, 2.75) is 62.7 Å². The molecule has 262 valence electrons. The van der Waals surface area contributed by atoms with Crippen LogP contribution in [0.25, 0.3) is 0 Å². The summed E-state index contributed by atoms with van der Waals surface area (Å²) < 4.78 is 8.74. The zero-order valence-corrected chi connectivity index (χ0v) is 30.0. The number of carbonyl (C=O) groups is 2. The van der Waals surface area contributed by atoms with E-state index in [4.69, 9.17) is 4.74 Å². The molecule has 1 fully saturated rings. The van der Waals surface area contributed by atoms with Gasteiger partial charge in [0.1, 0.15) is 0 Å². The summed E-state index contributed by atoms with van der Waals surface area (Å²) in [6.07, 6.45) is 1.97. The van der Waals surface area contributed by atoms with E-state index in [1.54, 1.807) is 21.7 Å². The Morgan fingerprint density at radius 1 is 0.980 bits per heavy atom. The molecule has 1 aromatic heterocycles. The van der Waals surface area contributed by atoms with Gasteiger partial charge in [0, 0.05) is 41.0 Å². The van der Waals surface area contributed by atoms with Gasteiger partial charge >= 0.3 is 0 Å². The zero-order chi connectivity index (χ0) is 35.8. The highest BCUT2D eigenvalue weighted by Crippen LogP contribution is 2.59. The average Bonchev–Trinajstić information content (AvgIpc) is 3.79. The van der Waals surface area contributed by atoms with Crippen LogP contribution in [0.3, 0.4) is 0 Å². The number of hydrogen-bond acceptors (Lipinski definition) is 7. The number of anilines is 2. The van der Waals surface area contributed by atoms with Crippen molar-refractivity contribution in [2.24, 2.45) is 5.92 Å². The molecule has 5 atom stereocenters. The maximum atomic E-state index is 14.8. The Kier molecular flexibility index (Phi) is 9.47. The molecule has 3 N–H and O–H groups in total. The average molecular weight is 702 g/mol. The van der Waals surface area contributed by atoms with Crippen LogP contribution < -0.4 is 10.2 Å². The van der Waals surface area contributed by atoms with Gasteiger partial charge in [0.2, 0.25) is 0 Å². The van der Waals surface area contributed by atoms with Crippen LogP contribution in [0.1, 0.15) is 52.0 Å². The van der Waals surface area contributed by atoms with E-state index in [1.807, 2.05) is 123 Å². The summed E-state index contributed by atoms with van der Waals surface area (Å²) in [5.74, 6) is -0.950. The molecule has 51 heavy (non-hydrogen) atoms. The molecule has 7 rings (SSSR count). The van der Waals surface area contributed by atoms with Gasteiger partial charge in [0.15, 0.2) is 13.9 Å². The van der Waals surface area contributed by atoms with Crippen LogP contribution in [-0.2, 0) is 28.2 Å². The molecule has 0 aliphatic carbocycles. The summed E-state index contributed by atoms with van der Waals surface area (Å²) in [6, 6.07) is 34.1. The lowest BCUT2D eigenvalue weighted by Crippen LogP contribution is -2.46. The lowest BCUT2D eigenvalue weighted by atomic mass is 9.82. The van der Waals surface area contributed by atoms with Gasteiger partial charge in [-0.1, -0.05) is 91.0 Å². The van der Waals surface area contributed by atoms with Crippen molar-refractivity contribution in [3.8, 4) is 0 Å². The third kappa shape index (κ3) is 6.54. The number of hydrogen-bond donors (Lipinski definition) is 3. The summed E-state index contributed by atoms with van der Waals surface area (Å²) in [6.45, 7) is 6.53. The first kappa shape index (κ1) is 34.5. The van der Waals surface area contributed by atoms with Crippen LogP contribution in [0.15, 0.2) is 115 Å². The molecule has 0 radical (unpaired) electrons. The second-order valence-corrected chi connectivity index (χ2v) is 18.1. The normalized spacial score (nSPS) is 21.9.